The third-order valence-electron chi connectivity index (χ3n) is 4.90. The van der Waals surface area contributed by atoms with Gasteiger partial charge in [0, 0.05) is 18.5 Å². The topological polar surface area (TPSA) is 133 Å². The monoisotopic (exact) mass is 500 g/mol. The van der Waals surface area contributed by atoms with Crippen molar-refractivity contribution < 1.29 is 29.4 Å². The van der Waals surface area contributed by atoms with E-state index in [1.807, 2.05) is 0 Å². The Hall–Kier alpha value is -3.69. The number of halogens is 1. The van der Waals surface area contributed by atoms with E-state index in [4.69, 9.17) is 11.6 Å². The van der Waals surface area contributed by atoms with Crippen molar-refractivity contribution in [1.29, 1.82) is 0 Å². The number of amides is 2. The Kier molecular flexibility index (Phi) is 8.39. The first-order valence-corrected chi connectivity index (χ1v) is 11.5. The fourth-order valence-corrected chi connectivity index (χ4v) is 4.02. The molecule has 1 unspecified atom stereocenters. The van der Waals surface area contributed by atoms with Crippen LogP contribution in [0.5, 0.6) is 5.75 Å². The van der Waals surface area contributed by atoms with Gasteiger partial charge in [-0.1, -0.05) is 35.9 Å². The van der Waals surface area contributed by atoms with Crippen LogP contribution in [0, 0.1) is 0 Å². The maximum absolute atomic E-state index is 12.6. The highest BCUT2D eigenvalue weighted by Gasteiger charge is 2.23. The summed E-state index contributed by atoms with van der Waals surface area (Å²) in [5.74, 6) is -2.59. The van der Waals surface area contributed by atoms with E-state index in [-0.39, 0.29) is 35.1 Å². The van der Waals surface area contributed by atoms with E-state index >= 15 is 0 Å². The highest BCUT2D eigenvalue weighted by molar-refractivity contribution is 7.12. The third kappa shape index (κ3) is 6.66. The molecule has 34 heavy (non-hydrogen) atoms. The van der Waals surface area contributed by atoms with Crippen molar-refractivity contribution in [2.45, 2.75) is 18.9 Å². The SMILES string of the molecule is O=C(CCc1cccc(O)c1)c1ccc(C(=O)NC(CNC(=O)c2cccs2)C(=O)O)c(Cl)c1. The molecule has 0 bridgehead atoms. The van der Waals surface area contributed by atoms with Crippen molar-refractivity contribution in [3.63, 3.8) is 0 Å². The molecule has 4 N–H and O–H groups in total. The number of hydrogen-bond donors (Lipinski definition) is 4. The van der Waals surface area contributed by atoms with Gasteiger partial charge in [0.1, 0.15) is 11.8 Å². The summed E-state index contributed by atoms with van der Waals surface area (Å²) < 4.78 is 0. The molecular formula is C24H21ClN2O6S. The van der Waals surface area contributed by atoms with Gasteiger partial charge in [0.05, 0.1) is 15.5 Å². The molecule has 0 aliphatic carbocycles. The number of rotatable bonds is 10. The summed E-state index contributed by atoms with van der Waals surface area (Å²) in [6.07, 6.45) is 0.598. The van der Waals surface area contributed by atoms with E-state index in [1.54, 1.807) is 41.8 Å². The summed E-state index contributed by atoms with van der Waals surface area (Å²) >= 11 is 7.41. The number of phenolic OH excluding ortho intramolecular Hbond substituents is 1. The molecule has 1 atom stereocenters. The smallest absolute Gasteiger partial charge is 0.328 e. The lowest BCUT2D eigenvalue weighted by molar-refractivity contribution is -0.139. The van der Waals surface area contributed by atoms with E-state index in [0.717, 1.165) is 5.56 Å². The predicted molar refractivity (Wildman–Crippen MR) is 128 cm³/mol. The van der Waals surface area contributed by atoms with Crippen LogP contribution < -0.4 is 10.6 Å². The van der Waals surface area contributed by atoms with Crippen molar-refractivity contribution in [1.82, 2.24) is 10.6 Å². The second kappa shape index (κ2) is 11.4. The van der Waals surface area contributed by atoms with Gasteiger partial charge in [-0.15, -0.1) is 11.3 Å². The van der Waals surface area contributed by atoms with Gasteiger partial charge in [-0.3, -0.25) is 14.4 Å². The Morgan fingerprint density at radius 2 is 1.79 bits per heavy atom. The van der Waals surface area contributed by atoms with Gasteiger partial charge in [-0.2, -0.15) is 0 Å². The van der Waals surface area contributed by atoms with Gasteiger partial charge < -0.3 is 20.8 Å². The normalized spacial score (nSPS) is 11.4. The van der Waals surface area contributed by atoms with E-state index in [9.17, 15) is 29.4 Å². The van der Waals surface area contributed by atoms with Crippen LogP contribution in [0.25, 0.3) is 0 Å². The van der Waals surface area contributed by atoms with Crippen molar-refractivity contribution in [3.8, 4) is 5.75 Å². The van der Waals surface area contributed by atoms with Crippen LogP contribution in [-0.4, -0.2) is 46.4 Å². The molecule has 0 aliphatic heterocycles. The zero-order valence-electron chi connectivity index (χ0n) is 17.8. The van der Waals surface area contributed by atoms with Crippen LogP contribution in [0.3, 0.4) is 0 Å². The van der Waals surface area contributed by atoms with Crippen LogP contribution in [0.1, 0.15) is 42.4 Å². The van der Waals surface area contributed by atoms with Crippen molar-refractivity contribution in [3.05, 3.63) is 86.6 Å². The average molecular weight is 501 g/mol. The fourth-order valence-electron chi connectivity index (χ4n) is 3.11. The van der Waals surface area contributed by atoms with Crippen molar-refractivity contribution in [2.75, 3.05) is 6.54 Å². The van der Waals surface area contributed by atoms with Crippen molar-refractivity contribution in [2.24, 2.45) is 0 Å². The summed E-state index contributed by atoms with van der Waals surface area (Å²) in [5, 5.41) is 25.4. The lowest BCUT2D eigenvalue weighted by atomic mass is 10.0. The Bertz CT molecular complexity index is 1210. The summed E-state index contributed by atoms with van der Waals surface area (Å²) in [7, 11) is 0. The number of thiophene rings is 1. The summed E-state index contributed by atoms with van der Waals surface area (Å²) in [6.45, 7) is -0.318. The molecule has 0 saturated heterocycles. The molecule has 3 rings (SSSR count). The first kappa shape index (κ1) is 24.9. The minimum absolute atomic E-state index is 0.00188. The Balaban J connectivity index is 1.60. The molecule has 0 aliphatic rings. The van der Waals surface area contributed by atoms with Crippen molar-refractivity contribution >= 4 is 46.5 Å². The van der Waals surface area contributed by atoms with E-state index < -0.39 is 23.8 Å². The Labute approximate surface area is 204 Å². The second-order valence-corrected chi connectivity index (χ2v) is 8.69. The molecular weight excluding hydrogens is 480 g/mol. The molecule has 8 nitrogen and oxygen atoms in total. The number of ketones is 1. The van der Waals surface area contributed by atoms with Crippen LogP contribution in [0.2, 0.25) is 5.02 Å². The molecule has 2 amide bonds. The number of Topliss-reactive ketones (excluding diaryl/α,β-unsaturated/α-hetero) is 1. The number of aryl methyl sites for hydroxylation is 1. The van der Waals surface area contributed by atoms with Crippen LogP contribution in [-0.2, 0) is 11.2 Å². The zero-order chi connectivity index (χ0) is 24.7. The van der Waals surface area contributed by atoms with Gasteiger partial charge in [0.2, 0.25) is 0 Å². The predicted octanol–water partition coefficient (Wildman–Crippen LogP) is 3.54. The second-order valence-electron chi connectivity index (χ2n) is 7.34. The molecule has 2 aromatic carbocycles. The first-order valence-electron chi connectivity index (χ1n) is 10.2. The summed E-state index contributed by atoms with van der Waals surface area (Å²) in [4.78, 5) is 49.1. The number of aliphatic carboxylic acids is 1. The summed E-state index contributed by atoms with van der Waals surface area (Å²) in [6, 6.07) is 12.7. The van der Waals surface area contributed by atoms with Gasteiger partial charge in [-0.05, 0) is 47.7 Å². The molecule has 10 heteroatoms. The number of phenols is 1. The highest BCUT2D eigenvalue weighted by Crippen LogP contribution is 2.20. The molecule has 0 fully saturated rings. The molecule has 0 spiro atoms. The van der Waals surface area contributed by atoms with Gasteiger partial charge in [0.25, 0.3) is 11.8 Å². The lowest BCUT2D eigenvalue weighted by Gasteiger charge is -2.16. The first-order chi connectivity index (χ1) is 16.2. The number of nitrogens with one attached hydrogen (secondary N) is 2. The number of carboxylic acid groups (broad SMARTS) is 1. The zero-order valence-corrected chi connectivity index (χ0v) is 19.4. The van der Waals surface area contributed by atoms with Crippen LogP contribution in [0.4, 0.5) is 0 Å². The van der Waals surface area contributed by atoms with E-state index in [1.165, 1.54) is 29.5 Å². The van der Waals surface area contributed by atoms with Gasteiger partial charge in [0.15, 0.2) is 5.78 Å². The molecule has 1 heterocycles. The molecule has 0 saturated carbocycles. The Morgan fingerprint density at radius 1 is 1.00 bits per heavy atom. The number of aromatic hydroxyl groups is 1. The summed E-state index contributed by atoms with van der Waals surface area (Å²) in [5.41, 5.74) is 1.11. The standard InChI is InChI=1S/C24H21ClN2O6S/c25-18-12-15(20(29)9-6-14-3-1-4-16(28)11-14)7-8-17(18)22(30)27-19(24(32)33)13-26-23(31)21-5-2-10-34-21/h1-5,7-8,10-12,19,28H,6,9,13H2,(H,26,31)(H,27,30)(H,32,33). The molecule has 3 aromatic rings. The maximum Gasteiger partial charge on any atom is 0.328 e. The number of hydrogen-bond acceptors (Lipinski definition) is 6. The fraction of sp³-hybridized carbons (Fsp3) is 0.167. The quantitative estimate of drug-likeness (QED) is 0.315. The van der Waals surface area contributed by atoms with Crippen LogP contribution >= 0.6 is 22.9 Å². The number of carbonyl (C=O) groups excluding carboxylic acids is 3. The molecule has 176 valence electrons. The van der Waals surface area contributed by atoms with E-state index in [2.05, 4.69) is 10.6 Å². The molecule has 0 radical (unpaired) electrons. The minimum atomic E-state index is -1.38. The number of benzene rings is 2. The van der Waals surface area contributed by atoms with E-state index in [0.29, 0.717) is 16.9 Å². The number of carbonyl (C=O) groups is 4. The maximum atomic E-state index is 12.6. The minimum Gasteiger partial charge on any atom is -0.508 e. The van der Waals surface area contributed by atoms with Crippen LogP contribution in [0.15, 0.2) is 60.0 Å². The third-order valence-corrected chi connectivity index (χ3v) is 6.08. The van der Waals surface area contributed by atoms with Gasteiger partial charge >= 0.3 is 5.97 Å². The largest absolute Gasteiger partial charge is 0.508 e. The Morgan fingerprint density at radius 3 is 2.44 bits per heavy atom. The highest BCUT2D eigenvalue weighted by atomic mass is 35.5. The molecule has 1 aromatic heterocycles. The number of carboxylic acids is 1. The lowest BCUT2D eigenvalue weighted by Crippen LogP contribution is -2.48. The van der Waals surface area contributed by atoms with Gasteiger partial charge in [-0.25, -0.2) is 4.79 Å². The average Bonchev–Trinajstić information content (AvgIpc) is 3.34.